The number of hydrogen-bond donors (Lipinski definition) is 0. The number of carbonyl (C=O) groups is 1. The Morgan fingerprint density at radius 3 is 2.73 bits per heavy atom. The molecule has 7 heteroatoms. The number of rotatable bonds is 5. The van der Waals surface area contributed by atoms with E-state index >= 15 is 0 Å². The van der Waals surface area contributed by atoms with Crippen LogP contribution in [0.3, 0.4) is 0 Å². The van der Waals surface area contributed by atoms with Crippen molar-refractivity contribution in [1.29, 1.82) is 0 Å². The summed E-state index contributed by atoms with van der Waals surface area (Å²) in [6, 6.07) is 3.12. The van der Waals surface area contributed by atoms with Crippen LogP contribution in [0.1, 0.15) is 32.1 Å². The van der Waals surface area contributed by atoms with Gasteiger partial charge in [-0.15, -0.1) is 0 Å². The molecule has 1 saturated carbocycles. The van der Waals surface area contributed by atoms with Crippen LogP contribution in [0.15, 0.2) is 18.2 Å². The van der Waals surface area contributed by atoms with E-state index in [9.17, 15) is 19.3 Å². The zero-order valence-corrected chi connectivity index (χ0v) is 12.5. The largest absolute Gasteiger partial charge is 0.477 e. The SMILES string of the molecule is CN(C(=O)COc1cc(F)ccc1[N+](=O)[O-])C1CCCCC1. The van der Waals surface area contributed by atoms with Crippen molar-refractivity contribution in [1.82, 2.24) is 4.90 Å². The van der Waals surface area contributed by atoms with Gasteiger partial charge in [-0.05, 0) is 18.9 Å². The molecule has 1 aliphatic rings. The maximum Gasteiger partial charge on any atom is 0.311 e. The topological polar surface area (TPSA) is 72.7 Å². The summed E-state index contributed by atoms with van der Waals surface area (Å²) in [5.41, 5.74) is -0.352. The smallest absolute Gasteiger partial charge is 0.311 e. The molecule has 1 aromatic rings. The first kappa shape index (κ1) is 16.2. The molecule has 2 rings (SSSR count). The van der Waals surface area contributed by atoms with E-state index in [2.05, 4.69) is 0 Å². The molecule has 1 aromatic carbocycles. The van der Waals surface area contributed by atoms with Crippen molar-refractivity contribution >= 4 is 11.6 Å². The van der Waals surface area contributed by atoms with Gasteiger partial charge in [-0.25, -0.2) is 4.39 Å². The van der Waals surface area contributed by atoms with Crippen LogP contribution in [0.5, 0.6) is 5.75 Å². The summed E-state index contributed by atoms with van der Waals surface area (Å²) in [6.07, 6.45) is 5.30. The highest BCUT2D eigenvalue weighted by molar-refractivity contribution is 5.78. The highest BCUT2D eigenvalue weighted by atomic mass is 19.1. The van der Waals surface area contributed by atoms with Gasteiger partial charge >= 0.3 is 5.69 Å². The molecule has 22 heavy (non-hydrogen) atoms. The van der Waals surface area contributed by atoms with Crippen LogP contribution in [-0.2, 0) is 4.79 Å². The highest BCUT2D eigenvalue weighted by Crippen LogP contribution is 2.27. The third-order valence-electron chi connectivity index (χ3n) is 3.99. The Hall–Kier alpha value is -2.18. The fourth-order valence-electron chi connectivity index (χ4n) is 2.67. The van der Waals surface area contributed by atoms with E-state index in [1.54, 1.807) is 11.9 Å². The van der Waals surface area contributed by atoms with Crippen LogP contribution in [0.4, 0.5) is 10.1 Å². The summed E-state index contributed by atoms with van der Waals surface area (Å²) in [6.45, 7) is -0.336. The number of nitrogens with zero attached hydrogens (tertiary/aromatic N) is 2. The molecule has 0 spiro atoms. The lowest BCUT2D eigenvalue weighted by Crippen LogP contribution is -2.40. The van der Waals surface area contributed by atoms with E-state index in [0.717, 1.165) is 43.9 Å². The maximum atomic E-state index is 13.2. The average Bonchev–Trinajstić information content (AvgIpc) is 2.52. The maximum absolute atomic E-state index is 13.2. The number of halogens is 1. The van der Waals surface area contributed by atoms with Gasteiger partial charge in [0.05, 0.1) is 4.92 Å². The van der Waals surface area contributed by atoms with Gasteiger partial charge in [-0.2, -0.15) is 0 Å². The molecule has 0 radical (unpaired) electrons. The predicted molar refractivity (Wildman–Crippen MR) is 78.2 cm³/mol. The molecular formula is C15H19FN2O4. The summed E-state index contributed by atoms with van der Waals surface area (Å²) in [7, 11) is 1.71. The molecule has 1 aliphatic carbocycles. The van der Waals surface area contributed by atoms with Crippen molar-refractivity contribution in [3.8, 4) is 5.75 Å². The monoisotopic (exact) mass is 310 g/mol. The number of ether oxygens (including phenoxy) is 1. The molecule has 0 aromatic heterocycles. The molecule has 0 bridgehead atoms. The molecular weight excluding hydrogens is 291 g/mol. The first-order chi connectivity index (χ1) is 10.5. The van der Waals surface area contributed by atoms with Gasteiger partial charge in [-0.1, -0.05) is 19.3 Å². The number of likely N-dealkylation sites (N-methyl/N-ethyl adjacent to an activating group) is 1. The molecule has 120 valence electrons. The van der Waals surface area contributed by atoms with Crippen LogP contribution in [0.2, 0.25) is 0 Å². The zero-order valence-electron chi connectivity index (χ0n) is 12.5. The van der Waals surface area contributed by atoms with Crippen molar-refractivity contribution in [3.63, 3.8) is 0 Å². The van der Waals surface area contributed by atoms with Gasteiger partial charge in [0.15, 0.2) is 6.61 Å². The van der Waals surface area contributed by atoms with Crippen LogP contribution in [-0.4, -0.2) is 35.4 Å². The minimum absolute atomic E-state index is 0.187. The van der Waals surface area contributed by atoms with Gasteiger partial charge in [0.1, 0.15) is 5.82 Å². The Kier molecular flexibility index (Phi) is 5.30. The van der Waals surface area contributed by atoms with Crippen LogP contribution in [0.25, 0.3) is 0 Å². The molecule has 1 fully saturated rings. The first-order valence-corrected chi connectivity index (χ1v) is 7.31. The second-order valence-electron chi connectivity index (χ2n) is 5.45. The summed E-state index contributed by atoms with van der Waals surface area (Å²) in [4.78, 5) is 24.0. The Bertz CT molecular complexity index is 558. The van der Waals surface area contributed by atoms with Crippen LogP contribution in [0, 0.1) is 15.9 Å². The Morgan fingerprint density at radius 1 is 1.41 bits per heavy atom. The summed E-state index contributed by atoms with van der Waals surface area (Å²) in [5, 5.41) is 10.9. The minimum Gasteiger partial charge on any atom is -0.477 e. The highest BCUT2D eigenvalue weighted by Gasteiger charge is 2.23. The zero-order chi connectivity index (χ0) is 16.1. The summed E-state index contributed by atoms with van der Waals surface area (Å²) in [5.74, 6) is -1.13. The molecule has 0 N–H and O–H groups in total. The van der Waals surface area contributed by atoms with Crippen molar-refractivity contribution in [2.24, 2.45) is 0 Å². The average molecular weight is 310 g/mol. The summed E-state index contributed by atoms with van der Waals surface area (Å²) < 4.78 is 18.4. The third kappa shape index (κ3) is 3.93. The normalized spacial score (nSPS) is 15.4. The van der Waals surface area contributed by atoms with E-state index in [1.165, 1.54) is 6.42 Å². The number of benzene rings is 1. The number of amides is 1. The van der Waals surface area contributed by atoms with Crippen molar-refractivity contribution in [3.05, 3.63) is 34.1 Å². The van der Waals surface area contributed by atoms with Crippen molar-refractivity contribution in [2.45, 2.75) is 38.1 Å². The molecule has 6 nitrogen and oxygen atoms in total. The first-order valence-electron chi connectivity index (χ1n) is 7.31. The van der Waals surface area contributed by atoms with Gasteiger partial charge in [0.2, 0.25) is 5.75 Å². The Labute approximate surface area is 128 Å². The molecule has 0 atom stereocenters. The van der Waals surface area contributed by atoms with Gasteiger partial charge in [0, 0.05) is 25.2 Å². The van der Waals surface area contributed by atoms with E-state index in [-0.39, 0.29) is 30.0 Å². The van der Waals surface area contributed by atoms with Gasteiger partial charge in [-0.3, -0.25) is 14.9 Å². The molecule has 0 aliphatic heterocycles. The fourth-order valence-corrected chi connectivity index (χ4v) is 2.67. The van der Waals surface area contributed by atoms with Crippen LogP contribution < -0.4 is 4.74 Å². The second kappa shape index (κ2) is 7.20. The molecule has 0 unspecified atom stereocenters. The van der Waals surface area contributed by atoms with Crippen molar-refractivity contribution < 1.29 is 18.8 Å². The van der Waals surface area contributed by atoms with E-state index in [0.29, 0.717) is 0 Å². The molecule has 0 saturated heterocycles. The minimum atomic E-state index is -0.663. The van der Waals surface area contributed by atoms with Gasteiger partial charge < -0.3 is 9.64 Å². The number of nitro benzene ring substituents is 1. The summed E-state index contributed by atoms with van der Waals surface area (Å²) >= 11 is 0. The van der Waals surface area contributed by atoms with Crippen LogP contribution >= 0.6 is 0 Å². The predicted octanol–water partition coefficient (Wildman–Crippen LogP) is 2.90. The standard InChI is InChI=1S/C15H19FN2O4/c1-17(12-5-3-2-4-6-12)15(19)10-22-14-9-11(16)7-8-13(14)18(20)21/h7-9,12H,2-6,10H2,1H3. The number of carbonyl (C=O) groups excluding carboxylic acids is 1. The lowest BCUT2D eigenvalue weighted by atomic mass is 9.94. The van der Waals surface area contributed by atoms with E-state index in [4.69, 9.17) is 4.74 Å². The lowest BCUT2D eigenvalue weighted by Gasteiger charge is -2.31. The Balaban J connectivity index is 1.98. The van der Waals surface area contributed by atoms with Gasteiger partial charge in [0.25, 0.3) is 5.91 Å². The lowest BCUT2D eigenvalue weighted by molar-refractivity contribution is -0.385. The molecule has 0 heterocycles. The quantitative estimate of drug-likeness (QED) is 0.619. The number of nitro groups is 1. The molecule has 1 amide bonds. The number of hydrogen-bond acceptors (Lipinski definition) is 4. The van der Waals surface area contributed by atoms with E-state index < -0.39 is 10.7 Å². The third-order valence-corrected chi connectivity index (χ3v) is 3.99. The Morgan fingerprint density at radius 2 is 2.09 bits per heavy atom. The van der Waals surface area contributed by atoms with E-state index in [1.807, 2.05) is 0 Å². The van der Waals surface area contributed by atoms with Crippen molar-refractivity contribution in [2.75, 3.05) is 13.7 Å². The second-order valence-corrected chi connectivity index (χ2v) is 5.45. The fraction of sp³-hybridized carbons (Fsp3) is 0.533.